The molecular weight excluding hydrogens is 226 g/mol. The highest BCUT2D eigenvalue weighted by molar-refractivity contribution is 5.77. The summed E-state index contributed by atoms with van der Waals surface area (Å²) < 4.78 is 0. The van der Waals surface area contributed by atoms with Crippen LogP contribution in [0.1, 0.15) is 41.6 Å². The fourth-order valence-electron chi connectivity index (χ4n) is 2.76. The number of aldehydes is 1. The average molecular weight is 247 g/mol. The summed E-state index contributed by atoms with van der Waals surface area (Å²) in [4.78, 5) is 13.1. The maximum atomic E-state index is 10.8. The van der Waals surface area contributed by atoms with Gasteiger partial charge in [0.05, 0.1) is 12.6 Å². The standard InChI is InChI=1S/C15H21NO2/c1-12-9-13(10-17)6-7-15(12)16-8-4-2-3-5-14(16)11-18/h6-7,9-10,14,18H,2-5,8,11H2,1H3. The van der Waals surface area contributed by atoms with E-state index in [1.807, 2.05) is 25.1 Å². The number of anilines is 1. The minimum atomic E-state index is 0.203. The molecule has 1 unspecified atom stereocenters. The molecule has 98 valence electrons. The summed E-state index contributed by atoms with van der Waals surface area (Å²) >= 11 is 0. The van der Waals surface area contributed by atoms with Gasteiger partial charge in [-0.1, -0.05) is 12.8 Å². The molecule has 0 saturated carbocycles. The lowest BCUT2D eigenvalue weighted by molar-refractivity contribution is 0.112. The zero-order valence-corrected chi connectivity index (χ0v) is 10.9. The highest BCUT2D eigenvalue weighted by atomic mass is 16.3. The number of aryl methyl sites for hydroxylation is 1. The van der Waals surface area contributed by atoms with Gasteiger partial charge >= 0.3 is 0 Å². The van der Waals surface area contributed by atoms with E-state index < -0.39 is 0 Å². The van der Waals surface area contributed by atoms with Crippen LogP contribution in [0, 0.1) is 6.92 Å². The second-order valence-corrected chi connectivity index (χ2v) is 5.04. The van der Waals surface area contributed by atoms with Crippen molar-refractivity contribution >= 4 is 12.0 Å². The first-order valence-corrected chi connectivity index (χ1v) is 6.69. The van der Waals surface area contributed by atoms with Gasteiger partial charge in [0, 0.05) is 17.8 Å². The number of carbonyl (C=O) groups excluding carboxylic acids is 1. The van der Waals surface area contributed by atoms with Gasteiger partial charge in [0.15, 0.2) is 0 Å². The van der Waals surface area contributed by atoms with E-state index in [2.05, 4.69) is 4.90 Å². The molecule has 2 rings (SSSR count). The summed E-state index contributed by atoms with van der Waals surface area (Å²) in [5, 5.41) is 9.54. The number of hydrogen-bond donors (Lipinski definition) is 1. The Hall–Kier alpha value is -1.35. The van der Waals surface area contributed by atoms with Crippen LogP contribution in [0.3, 0.4) is 0 Å². The third kappa shape index (κ3) is 2.72. The van der Waals surface area contributed by atoms with Crippen molar-refractivity contribution in [1.29, 1.82) is 0 Å². The highest BCUT2D eigenvalue weighted by Crippen LogP contribution is 2.27. The second-order valence-electron chi connectivity index (χ2n) is 5.04. The molecule has 1 atom stereocenters. The van der Waals surface area contributed by atoms with Crippen LogP contribution in [-0.4, -0.2) is 30.6 Å². The zero-order chi connectivity index (χ0) is 13.0. The molecule has 1 aliphatic rings. The monoisotopic (exact) mass is 247 g/mol. The number of aliphatic hydroxyl groups is 1. The van der Waals surface area contributed by atoms with Gasteiger partial charge in [-0.15, -0.1) is 0 Å². The van der Waals surface area contributed by atoms with Gasteiger partial charge in [0.1, 0.15) is 6.29 Å². The van der Waals surface area contributed by atoms with Gasteiger partial charge in [-0.05, 0) is 43.5 Å². The van der Waals surface area contributed by atoms with E-state index in [9.17, 15) is 9.90 Å². The lowest BCUT2D eigenvalue weighted by Crippen LogP contribution is -2.38. The molecule has 1 aromatic carbocycles. The van der Waals surface area contributed by atoms with E-state index in [1.54, 1.807) is 0 Å². The molecule has 1 aliphatic heterocycles. The van der Waals surface area contributed by atoms with Gasteiger partial charge in [0.2, 0.25) is 0 Å². The van der Waals surface area contributed by atoms with Crippen molar-refractivity contribution in [2.75, 3.05) is 18.1 Å². The Morgan fingerprint density at radius 1 is 1.39 bits per heavy atom. The first-order chi connectivity index (χ1) is 8.76. The molecule has 0 spiro atoms. The van der Waals surface area contributed by atoms with E-state index in [0.717, 1.165) is 30.5 Å². The Bertz CT molecular complexity index is 417. The summed E-state index contributed by atoms with van der Waals surface area (Å²) in [6, 6.07) is 6.00. The van der Waals surface area contributed by atoms with E-state index in [0.29, 0.717) is 5.56 Å². The van der Waals surface area contributed by atoms with E-state index in [4.69, 9.17) is 0 Å². The first kappa shape index (κ1) is 13.1. The minimum absolute atomic E-state index is 0.203. The molecule has 1 saturated heterocycles. The number of rotatable bonds is 3. The number of nitrogens with zero attached hydrogens (tertiary/aromatic N) is 1. The Morgan fingerprint density at radius 2 is 2.22 bits per heavy atom. The average Bonchev–Trinajstić information content (AvgIpc) is 2.63. The van der Waals surface area contributed by atoms with Crippen molar-refractivity contribution in [3.63, 3.8) is 0 Å². The Balaban J connectivity index is 2.29. The topological polar surface area (TPSA) is 40.5 Å². The molecule has 1 heterocycles. The van der Waals surface area contributed by atoms with Crippen molar-refractivity contribution in [1.82, 2.24) is 0 Å². The van der Waals surface area contributed by atoms with Gasteiger partial charge in [0.25, 0.3) is 0 Å². The van der Waals surface area contributed by atoms with Gasteiger partial charge in [-0.3, -0.25) is 4.79 Å². The molecule has 1 N–H and O–H groups in total. The van der Waals surface area contributed by atoms with Crippen LogP contribution in [-0.2, 0) is 0 Å². The Labute approximate surface area is 108 Å². The first-order valence-electron chi connectivity index (χ1n) is 6.69. The third-order valence-electron chi connectivity index (χ3n) is 3.75. The van der Waals surface area contributed by atoms with Crippen molar-refractivity contribution in [2.45, 2.75) is 38.6 Å². The minimum Gasteiger partial charge on any atom is -0.394 e. The lowest BCUT2D eigenvalue weighted by Gasteiger charge is -2.32. The van der Waals surface area contributed by atoms with Gasteiger partial charge in [-0.25, -0.2) is 0 Å². The summed E-state index contributed by atoms with van der Waals surface area (Å²) in [5.41, 5.74) is 2.98. The molecule has 0 aromatic heterocycles. The van der Waals surface area contributed by atoms with Crippen molar-refractivity contribution < 1.29 is 9.90 Å². The van der Waals surface area contributed by atoms with Crippen molar-refractivity contribution in [2.24, 2.45) is 0 Å². The smallest absolute Gasteiger partial charge is 0.150 e. The predicted octanol–water partition coefficient (Wildman–Crippen LogP) is 2.55. The largest absolute Gasteiger partial charge is 0.394 e. The highest BCUT2D eigenvalue weighted by Gasteiger charge is 2.21. The van der Waals surface area contributed by atoms with Crippen molar-refractivity contribution in [3.8, 4) is 0 Å². The fraction of sp³-hybridized carbons (Fsp3) is 0.533. The van der Waals surface area contributed by atoms with Gasteiger partial charge in [-0.2, -0.15) is 0 Å². The molecule has 0 amide bonds. The lowest BCUT2D eigenvalue weighted by atomic mass is 10.1. The van der Waals surface area contributed by atoms with Crippen LogP contribution >= 0.6 is 0 Å². The molecule has 1 aromatic rings. The summed E-state index contributed by atoms with van der Waals surface area (Å²) in [7, 11) is 0. The predicted molar refractivity (Wildman–Crippen MR) is 73.3 cm³/mol. The molecule has 0 aliphatic carbocycles. The quantitative estimate of drug-likeness (QED) is 0.834. The van der Waals surface area contributed by atoms with Crippen LogP contribution in [0.4, 0.5) is 5.69 Å². The van der Waals surface area contributed by atoms with E-state index >= 15 is 0 Å². The number of benzene rings is 1. The summed E-state index contributed by atoms with van der Waals surface area (Å²) in [5.74, 6) is 0. The fourth-order valence-corrected chi connectivity index (χ4v) is 2.76. The molecule has 0 bridgehead atoms. The normalized spacial score (nSPS) is 20.6. The van der Waals surface area contributed by atoms with Gasteiger partial charge < -0.3 is 10.0 Å². The van der Waals surface area contributed by atoms with Crippen molar-refractivity contribution in [3.05, 3.63) is 29.3 Å². The number of carbonyl (C=O) groups is 1. The van der Waals surface area contributed by atoms with E-state index in [-0.39, 0.29) is 12.6 Å². The molecule has 3 nitrogen and oxygen atoms in total. The van der Waals surface area contributed by atoms with Crippen LogP contribution in [0.2, 0.25) is 0 Å². The van der Waals surface area contributed by atoms with Crippen LogP contribution in [0.15, 0.2) is 18.2 Å². The van der Waals surface area contributed by atoms with Crippen LogP contribution in [0.5, 0.6) is 0 Å². The number of aliphatic hydroxyl groups excluding tert-OH is 1. The van der Waals surface area contributed by atoms with E-state index in [1.165, 1.54) is 19.3 Å². The zero-order valence-electron chi connectivity index (χ0n) is 10.9. The maximum absolute atomic E-state index is 10.8. The molecule has 1 fully saturated rings. The summed E-state index contributed by atoms with van der Waals surface area (Å²) in [6.07, 6.45) is 5.52. The maximum Gasteiger partial charge on any atom is 0.150 e. The molecule has 0 radical (unpaired) electrons. The molecule has 18 heavy (non-hydrogen) atoms. The van der Waals surface area contributed by atoms with Crippen LogP contribution in [0.25, 0.3) is 0 Å². The molecule has 3 heteroatoms. The Morgan fingerprint density at radius 3 is 2.89 bits per heavy atom. The second kappa shape index (κ2) is 6.01. The third-order valence-corrected chi connectivity index (χ3v) is 3.75. The summed E-state index contributed by atoms with van der Waals surface area (Å²) in [6.45, 7) is 3.23. The Kier molecular flexibility index (Phi) is 4.37. The SMILES string of the molecule is Cc1cc(C=O)ccc1N1CCCCCC1CO. The van der Waals surface area contributed by atoms with Crippen LogP contribution < -0.4 is 4.90 Å². The number of hydrogen-bond acceptors (Lipinski definition) is 3. The molecular formula is C15H21NO2.